The summed E-state index contributed by atoms with van der Waals surface area (Å²) in [7, 11) is 1.71. The summed E-state index contributed by atoms with van der Waals surface area (Å²) in [6.07, 6.45) is 2.11. The van der Waals surface area contributed by atoms with E-state index in [9.17, 15) is 4.79 Å². The molecule has 2 aromatic rings. The van der Waals surface area contributed by atoms with E-state index in [1.165, 1.54) is 21.9 Å². The predicted octanol–water partition coefficient (Wildman–Crippen LogP) is 3.01. The first kappa shape index (κ1) is 13.0. The Morgan fingerprint density at radius 1 is 1.35 bits per heavy atom. The first-order chi connectivity index (χ1) is 9.70. The van der Waals surface area contributed by atoms with E-state index in [1.54, 1.807) is 14.0 Å². The second kappa shape index (κ2) is 5.16. The van der Waals surface area contributed by atoms with Gasteiger partial charge in [0, 0.05) is 24.9 Å². The van der Waals surface area contributed by atoms with Crippen LogP contribution in [-0.2, 0) is 11.2 Å². The van der Waals surface area contributed by atoms with E-state index in [0.717, 1.165) is 18.6 Å². The van der Waals surface area contributed by atoms with Crippen LogP contribution in [-0.4, -0.2) is 19.6 Å². The second-order valence-electron chi connectivity index (χ2n) is 5.37. The molecule has 0 bridgehead atoms. The standard InChI is InChI=1S/C17H19NO2/c1-11(19)18-10-14-7-6-12-4-3-5-13-8-9-15(20-2)17(14)16(12)13/h3-5,8-9,14H,6-7,10H2,1-2H3,(H,18,19)/t14-/m1/s1. The molecule has 0 unspecified atom stereocenters. The molecule has 1 aliphatic rings. The minimum Gasteiger partial charge on any atom is -0.496 e. The molecule has 0 heterocycles. The third-order valence-electron chi connectivity index (χ3n) is 4.12. The number of nitrogens with one attached hydrogen (secondary N) is 1. The zero-order valence-electron chi connectivity index (χ0n) is 11.9. The molecule has 0 saturated carbocycles. The molecular formula is C17H19NO2. The third-order valence-corrected chi connectivity index (χ3v) is 4.12. The molecule has 0 fully saturated rings. The Morgan fingerprint density at radius 3 is 2.95 bits per heavy atom. The van der Waals surface area contributed by atoms with Crippen LogP contribution in [0, 0.1) is 0 Å². The van der Waals surface area contributed by atoms with Gasteiger partial charge in [0.05, 0.1) is 7.11 Å². The molecular weight excluding hydrogens is 250 g/mol. The Balaban J connectivity index is 2.13. The summed E-state index contributed by atoms with van der Waals surface area (Å²) in [5.41, 5.74) is 2.64. The van der Waals surface area contributed by atoms with Gasteiger partial charge in [-0.25, -0.2) is 0 Å². The normalized spacial score (nSPS) is 17.0. The summed E-state index contributed by atoms with van der Waals surface area (Å²) >= 11 is 0. The van der Waals surface area contributed by atoms with E-state index in [1.807, 2.05) is 6.07 Å². The largest absolute Gasteiger partial charge is 0.496 e. The molecule has 3 nitrogen and oxygen atoms in total. The first-order valence-electron chi connectivity index (χ1n) is 7.03. The van der Waals surface area contributed by atoms with Gasteiger partial charge in [-0.3, -0.25) is 4.79 Å². The molecule has 0 saturated heterocycles. The number of benzene rings is 2. The van der Waals surface area contributed by atoms with Crippen LogP contribution in [0.3, 0.4) is 0 Å². The highest BCUT2D eigenvalue weighted by molar-refractivity contribution is 5.92. The smallest absolute Gasteiger partial charge is 0.216 e. The van der Waals surface area contributed by atoms with E-state index in [4.69, 9.17) is 4.74 Å². The molecule has 0 radical (unpaired) electrons. The van der Waals surface area contributed by atoms with E-state index < -0.39 is 0 Å². The van der Waals surface area contributed by atoms with Crippen molar-refractivity contribution in [2.24, 2.45) is 0 Å². The highest BCUT2D eigenvalue weighted by Gasteiger charge is 2.25. The maximum Gasteiger partial charge on any atom is 0.216 e. The minimum atomic E-state index is 0.0231. The highest BCUT2D eigenvalue weighted by Crippen LogP contribution is 2.41. The summed E-state index contributed by atoms with van der Waals surface area (Å²) in [5, 5.41) is 5.51. The van der Waals surface area contributed by atoms with Crippen molar-refractivity contribution in [3.05, 3.63) is 41.5 Å². The molecule has 0 spiro atoms. The molecule has 1 atom stereocenters. The molecule has 3 heteroatoms. The van der Waals surface area contributed by atoms with Gasteiger partial charge in [-0.05, 0) is 35.2 Å². The van der Waals surface area contributed by atoms with Gasteiger partial charge in [0.25, 0.3) is 0 Å². The van der Waals surface area contributed by atoms with Crippen LogP contribution in [0.5, 0.6) is 5.75 Å². The van der Waals surface area contributed by atoms with Crippen molar-refractivity contribution in [1.29, 1.82) is 0 Å². The van der Waals surface area contributed by atoms with E-state index in [0.29, 0.717) is 12.5 Å². The topological polar surface area (TPSA) is 38.3 Å². The Kier molecular flexibility index (Phi) is 3.35. The zero-order valence-corrected chi connectivity index (χ0v) is 11.9. The number of methoxy groups -OCH3 is 1. The van der Waals surface area contributed by atoms with Crippen molar-refractivity contribution in [3.8, 4) is 5.75 Å². The summed E-state index contributed by atoms with van der Waals surface area (Å²) in [6, 6.07) is 10.6. The van der Waals surface area contributed by atoms with Crippen molar-refractivity contribution >= 4 is 16.7 Å². The molecule has 3 rings (SSSR count). The van der Waals surface area contributed by atoms with Gasteiger partial charge in [0.15, 0.2) is 0 Å². The molecule has 2 aromatic carbocycles. The fourth-order valence-corrected chi connectivity index (χ4v) is 3.20. The summed E-state index contributed by atoms with van der Waals surface area (Å²) in [4.78, 5) is 11.2. The number of amides is 1. The summed E-state index contributed by atoms with van der Waals surface area (Å²) in [5.74, 6) is 1.28. The Labute approximate surface area is 118 Å². The third kappa shape index (κ3) is 2.13. The Hall–Kier alpha value is -2.03. The minimum absolute atomic E-state index is 0.0231. The zero-order chi connectivity index (χ0) is 14.1. The Morgan fingerprint density at radius 2 is 2.20 bits per heavy atom. The predicted molar refractivity (Wildman–Crippen MR) is 80.2 cm³/mol. The fourth-order valence-electron chi connectivity index (χ4n) is 3.20. The molecule has 20 heavy (non-hydrogen) atoms. The molecule has 0 aromatic heterocycles. The van der Waals surface area contributed by atoms with Crippen molar-refractivity contribution in [2.45, 2.75) is 25.7 Å². The molecule has 0 aliphatic heterocycles. The second-order valence-corrected chi connectivity index (χ2v) is 5.37. The number of ether oxygens (including phenoxy) is 1. The van der Waals surface area contributed by atoms with Gasteiger partial charge < -0.3 is 10.1 Å². The molecule has 1 amide bonds. The van der Waals surface area contributed by atoms with Crippen LogP contribution in [0.25, 0.3) is 10.8 Å². The van der Waals surface area contributed by atoms with Gasteiger partial charge in [0.1, 0.15) is 5.75 Å². The molecule has 1 aliphatic carbocycles. The van der Waals surface area contributed by atoms with Gasteiger partial charge in [0.2, 0.25) is 5.91 Å². The lowest BCUT2D eigenvalue weighted by molar-refractivity contribution is -0.119. The lowest BCUT2D eigenvalue weighted by Gasteiger charge is -2.27. The van der Waals surface area contributed by atoms with Gasteiger partial charge in [-0.15, -0.1) is 0 Å². The lowest BCUT2D eigenvalue weighted by atomic mass is 9.80. The highest BCUT2D eigenvalue weighted by atomic mass is 16.5. The average molecular weight is 269 g/mol. The van der Waals surface area contributed by atoms with Crippen LogP contribution in [0.1, 0.15) is 30.4 Å². The fraction of sp³-hybridized carbons (Fsp3) is 0.353. The summed E-state index contributed by atoms with van der Waals surface area (Å²) < 4.78 is 5.56. The van der Waals surface area contributed by atoms with Crippen LogP contribution < -0.4 is 10.1 Å². The van der Waals surface area contributed by atoms with Crippen molar-refractivity contribution in [3.63, 3.8) is 0 Å². The first-order valence-corrected chi connectivity index (χ1v) is 7.03. The average Bonchev–Trinajstić information content (AvgIpc) is 2.47. The van der Waals surface area contributed by atoms with Crippen LogP contribution in [0.15, 0.2) is 30.3 Å². The molecule has 1 N–H and O–H groups in total. The number of rotatable bonds is 3. The number of aryl methyl sites for hydroxylation is 1. The number of carbonyl (C=O) groups excluding carboxylic acids is 1. The van der Waals surface area contributed by atoms with Gasteiger partial charge in [-0.1, -0.05) is 24.3 Å². The number of carbonyl (C=O) groups is 1. The van der Waals surface area contributed by atoms with E-state index >= 15 is 0 Å². The Bertz CT molecular complexity index is 663. The van der Waals surface area contributed by atoms with Gasteiger partial charge in [-0.2, -0.15) is 0 Å². The van der Waals surface area contributed by atoms with Crippen LogP contribution in [0.4, 0.5) is 0 Å². The maximum atomic E-state index is 11.2. The van der Waals surface area contributed by atoms with Crippen molar-refractivity contribution in [2.75, 3.05) is 13.7 Å². The van der Waals surface area contributed by atoms with Crippen molar-refractivity contribution < 1.29 is 9.53 Å². The lowest BCUT2D eigenvalue weighted by Crippen LogP contribution is -2.27. The van der Waals surface area contributed by atoms with Gasteiger partial charge >= 0.3 is 0 Å². The quantitative estimate of drug-likeness (QED) is 0.930. The monoisotopic (exact) mass is 269 g/mol. The molecule has 104 valence electrons. The summed E-state index contributed by atoms with van der Waals surface area (Å²) in [6.45, 7) is 2.24. The van der Waals surface area contributed by atoms with Crippen LogP contribution in [0.2, 0.25) is 0 Å². The maximum absolute atomic E-state index is 11.2. The number of hydrogen-bond acceptors (Lipinski definition) is 2. The van der Waals surface area contributed by atoms with Crippen LogP contribution >= 0.6 is 0 Å². The SMILES string of the molecule is COc1ccc2cccc3c2c1[C@@H](CNC(C)=O)CC3. The number of hydrogen-bond donors (Lipinski definition) is 1. The van der Waals surface area contributed by atoms with E-state index in [-0.39, 0.29) is 5.91 Å². The van der Waals surface area contributed by atoms with E-state index in [2.05, 4.69) is 29.6 Å². The van der Waals surface area contributed by atoms with Crippen molar-refractivity contribution in [1.82, 2.24) is 5.32 Å².